The molecule has 100 valence electrons. The summed E-state index contributed by atoms with van der Waals surface area (Å²) in [4.78, 5) is 13.0. The van der Waals surface area contributed by atoms with E-state index < -0.39 is 0 Å². The van der Waals surface area contributed by atoms with Gasteiger partial charge in [-0.05, 0) is 31.5 Å². The third-order valence-corrected chi connectivity index (χ3v) is 3.12. The van der Waals surface area contributed by atoms with Crippen molar-refractivity contribution < 1.29 is 9.53 Å². The predicted octanol–water partition coefficient (Wildman–Crippen LogP) is 2.38. The van der Waals surface area contributed by atoms with Crippen LogP contribution >= 0.6 is 12.4 Å². The second kappa shape index (κ2) is 6.07. The molecule has 1 amide bonds. The number of benzene rings is 1. The Balaban J connectivity index is 0.00000162. The highest BCUT2D eigenvalue weighted by atomic mass is 35.5. The van der Waals surface area contributed by atoms with Crippen molar-refractivity contribution in [1.82, 2.24) is 10.2 Å². The zero-order chi connectivity index (χ0) is 12.4. The lowest BCUT2D eigenvalue weighted by atomic mass is 10.1. The maximum absolute atomic E-state index is 11.6. The highest BCUT2D eigenvalue weighted by molar-refractivity contribution is 5.85. The number of aryl methyl sites for hydroxylation is 1. The Bertz CT molecular complexity index is 435. The Morgan fingerprint density at radius 1 is 1.44 bits per heavy atom. The summed E-state index contributed by atoms with van der Waals surface area (Å²) in [5.74, 6) is 0.679. The maximum atomic E-state index is 11.6. The number of rotatable bonds is 2. The Kier molecular flexibility index (Phi) is 4.99. The topological polar surface area (TPSA) is 41.6 Å². The second-order valence-corrected chi connectivity index (χ2v) is 4.47. The van der Waals surface area contributed by atoms with Crippen LogP contribution in [0.3, 0.4) is 0 Å². The number of hydrogen-bond acceptors (Lipinski definition) is 3. The number of nitrogens with one attached hydrogen (secondary N) is 1. The normalized spacial score (nSPS) is 16.7. The summed E-state index contributed by atoms with van der Waals surface area (Å²) in [5, 5.41) is 3.26. The van der Waals surface area contributed by atoms with Crippen molar-refractivity contribution in [2.75, 3.05) is 21.1 Å². The van der Waals surface area contributed by atoms with Crippen LogP contribution in [-0.2, 0) is 6.42 Å². The molecule has 0 saturated carbocycles. The van der Waals surface area contributed by atoms with Gasteiger partial charge in [-0.1, -0.05) is 12.1 Å². The van der Waals surface area contributed by atoms with Gasteiger partial charge in [-0.2, -0.15) is 0 Å². The Morgan fingerprint density at radius 2 is 2.17 bits per heavy atom. The van der Waals surface area contributed by atoms with Gasteiger partial charge in [0.15, 0.2) is 0 Å². The number of ether oxygens (including phenoxy) is 1. The van der Waals surface area contributed by atoms with Gasteiger partial charge in [0.05, 0.1) is 0 Å². The minimum absolute atomic E-state index is 0. The lowest BCUT2D eigenvalue weighted by Gasteiger charge is -2.17. The first-order chi connectivity index (χ1) is 8.13. The molecule has 1 aromatic rings. The van der Waals surface area contributed by atoms with E-state index >= 15 is 0 Å². The average molecular weight is 271 g/mol. The molecule has 0 fully saturated rings. The summed E-state index contributed by atoms with van der Waals surface area (Å²) in [6, 6.07) is 6.18. The highest BCUT2D eigenvalue weighted by Gasteiger charge is 2.25. The van der Waals surface area contributed by atoms with E-state index in [-0.39, 0.29) is 24.5 Å². The van der Waals surface area contributed by atoms with Gasteiger partial charge in [0.25, 0.3) is 0 Å². The fourth-order valence-electron chi connectivity index (χ4n) is 2.21. The molecule has 1 aromatic carbocycles. The lowest BCUT2D eigenvalue weighted by molar-refractivity contribution is 0.171. The van der Waals surface area contributed by atoms with Crippen molar-refractivity contribution in [2.45, 2.75) is 18.9 Å². The number of carbonyl (C=O) groups is 1. The largest absolute Gasteiger partial charge is 0.414 e. The number of fused-ring (bicyclic) bond motifs is 1. The molecule has 4 nitrogen and oxygen atoms in total. The van der Waals surface area contributed by atoms with Crippen LogP contribution in [0.15, 0.2) is 18.2 Å². The fraction of sp³-hybridized carbons (Fsp3) is 0.462. The number of nitrogens with zero attached hydrogens (tertiary/aromatic N) is 1. The van der Waals surface area contributed by atoms with Gasteiger partial charge in [0.1, 0.15) is 5.75 Å². The van der Waals surface area contributed by atoms with E-state index in [4.69, 9.17) is 4.74 Å². The Labute approximate surface area is 114 Å². The molecule has 0 saturated heterocycles. The molecule has 2 rings (SSSR count). The molecular weight excluding hydrogens is 252 g/mol. The lowest BCUT2D eigenvalue weighted by Crippen LogP contribution is -2.26. The molecule has 18 heavy (non-hydrogen) atoms. The van der Waals surface area contributed by atoms with Gasteiger partial charge >= 0.3 is 6.09 Å². The summed E-state index contributed by atoms with van der Waals surface area (Å²) in [6.45, 7) is 0. The molecule has 0 radical (unpaired) electrons. The van der Waals surface area contributed by atoms with Crippen LogP contribution in [0.1, 0.15) is 23.6 Å². The minimum atomic E-state index is -0.333. The van der Waals surface area contributed by atoms with Crippen LogP contribution in [0, 0.1) is 0 Å². The molecule has 5 heteroatoms. The van der Waals surface area contributed by atoms with E-state index in [1.807, 2.05) is 19.2 Å². The van der Waals surface area contributed by atoms with Crippen LogP contribution < -0.4 is 10.1 Å². The molecule has 1 unspecified atom stereocenters. The number of amides is 1. The van der Waals surface area contributed by atoms with Gasteiger partial charge in [0.2, 0.25) is 0 Å². The first kappa shape index (κ1) is 14.8. The molecule has 1 aliphatic rings. The van der Waals surface area contributed by atoms with Gasteiger partial charge in [-0.15, -0.1) is 12.4 Å². The van der Waals surface area contributed by atoms with E-state index in [9.17, 15) is 4.79 Å². The standard InChI is InChI=1S/C13H18N2O2.ClH/c1-14-10-8-7-9-5-4-6-11(12(9)10)17-13(16)15(2)3;/h4-6,10,14H,7-8H2,1-3H3;1H. The monoisotopic (exact) mass is 270 g/mol. The zero-order valence-electron chi connectivity index (χ0n) is 10.9. The van der Waals surface area contributed by atoms with E-state index in [1.165, 1.54) is 10.5 Å². The number of halogens is 1. The van der Waals surface area contributed by atoms with E-state index in [1.54, 1.807) is 14.1 Å². The van der Waals surface area contributed by atoms with E-state index in [0.29, 0.717) is 5.75 Å². The van der Waals surface area contributed by atoms with Gasteiger partial charge in [-0.25, -0.2) is 4.79 Å². The van der Waals surface area contributed by atoms with Crippen LogP contribution in [-0.4, -0.2) is 32.1 Å². The minimum Gasteiger partial charge on any atom is -0.410 e. The van der Waals surface area contributed by atoms with E-state index in [2.05, 4.69) is 11.4 Å². The molecule has 1 aliphatic carbocycles. The SMILES string of the molecule is CNC1CCc2cccc(OC(=O)N(C)C)c21.Cl. The third-order valence-electron chi connectivity index (χ3n) is 3.12. The molecule has 1 atom stereocenters. The fourth-order valence-corrected chi connectivity index (χ4v) is 2.21. The van der Waals surface area contributed by atoms with Crippen molar-refractivity contribution in [3.8, 4) is 5.75 Å². The van der Waals surface area contributed by atoms with Crippen molar-refractivity contribution in [2.24, 2.45) is 0 Å². The molecule has 0 aliphatic heterocycles. The van der Waals surface area contributed by atoms with Gasteiger partial charge < -0.3 is 15.0 Å². The van der Waals surface area contributed by atoms with Crippen molar-refractivity contribution in [1.29, 1.82) is 0 Å². The molecular formula is C13H19ClN2O2. The van der Waals surface area contributed by atoms with Crippen molar-refractivity contribution >= 4 is 18.5 Å². The number of hydrogen-bond donors (Lipinski definition) is 1. The van der Waals surface area contributed by atoms with Gasteiger partial charge in [-0.3, -0.25) is 0 Å². The quantitative estimate of drug-likeness (QED) is 0.897. The Morgan fingerprint density at radius 3 is 2.78 bits per heavy atom. The van der Waals surface area contributed by atoms with E-state index in [0.717, 1.165) is 18.4 Å². The summed E-state index contributed by atoms with van der Waals surface area (Å²) in [7, 11) is 5.30. The van der Waals surface area contributed by atoms with Crippen molar-refractivity contribution in [3.63, 3.8) is 0 Å². The molecule has 0 heterocycles. The summed E-state index contributed by atoms with van der Waals surface area (Å²) >= 11 is 0. The summed E-state index contributed by atoms with van der Waals surface area (Å²) in [6.07, 6.45) is 1.76. The van der Waals surface area contributed by atoms with Crippen LogP contribution in [0.5, 0.6) is 5.75 Å². The number of carbonyl (C=O) groups excluding carboxylic acids is 1. The highest BCUT2D eigenvalue weighted by Crippen LogP contribution is 2.37. The van der Waals surface area contributed by atoms with Crippen LogP contribution in [0.4, 0.5) is 4.79 Å². The molecule has 0 bridgehead atoms. The van der Waals surface area contributed by atoms with Crippen LogP contribution in [0.25, 0.3) is 0 Å². The van der Waals surface area contributed by atoms with Gasteiger partial charge in [0, 0.05) is 25.7 Å². The first-order valence-electron chi connectivity index (χ1n) is 5.81. The average Bonchev–Trinajstić information content (AvgIpc) is 2.72. The zero-order valence-corrected chi connectivity index (χ0v) is 11.7. The maximum Gasteiger partial charge on any atom is 0.414 e. The summed E-state index contributed by atoms with van der Waals surface area (Å²) in [5.41, 5.74) is 2.40. The van der Waals surface area contributed by atoms with Crippen molar-refractivity contribution in [3.05, 3.63) is 29.3 Å². The van der Waals surface area contributed by atoms with Crippen LogP contribution in [0.2, 0.25) is 0 Å². The smallest absolute Gasteiger partial charge is 0.410 e. The summed E-state index contributed by atoms with van der Waals surface area (Å²) < 4.78 is 5.40. The predicted molar refractivity (Wildman–Crippen MR) is 73.5 cm³/mol. The molecule has 0 spiro atoms. The Hall–Kier alpha value is -1.26. The third kappa shape index (κ3) is 2.76. The molecule has 0 aromatic heterocycles. The first-order valence-corrected chi connectivity index (χ1v) is 5.81. The molecule has 1 N–H and O–H groups in total. The second-order valence-electron chi connectivity index (χ2n) is 4.47.